The number of carbonyl (C=O) groups is 2. The average molecular weight is 246 g/mol. The van der Waals surface area contributed by atoms with Crippen LogP contribution in [0.4, 0.5) is 9.59 Å². The van der Waals surface area contributed by atoms with Gasteiger partial charge in [0.1, 0.15) is 5.66 Å². The molecule has 0 saturated carbocycles. The van der Waals surface area contributed by atoms with Gasteiger partial charge in [0.15, 0.2) is 0 Å². The van der Waals surface area contributed by atoms with Crippen molar-refractivity contribution in [3.63, 3.8) is 0 Å². The van der Waals surface area contributed by atoms with Crippen molar-refractivity contribution in [2.24, 2.45) is 0 Å². The molecule has 1 fully saturated rings. The molecule has 0 N–H and O–H groups in total. The molecular formula is C5H6Cl3N3O2. The van der Waals surface area contributed by atoms with Crippen molar-refractivity contribution in [3.05, 3.63) is 0 Å². The average Bonchev–Trinajstić information content (AvgIpc) is 2.09. The normalized spacial score (nSPS) is 22.7. The van der Waals surface area contributed by atoms with Gasteiger partial charge >= 0.3 is 12.1 Å². The molecular weight excluding hydrogens is 240 g/mol. The SMILES string of the molecule is CC1(C)N(Cl)C(=O)N(Cl)C(=O)N1Cl. The van der Waals surface area contributed by atoms with Gasteiger partial charge in [0.2, 0.25) is 0 Å². The second-order valence-electron chi connectivity index (χ2n) is 2.90. The minimum absolute atomic E-state index is 0.311. The van der Waals surface area contributed by atoms with E-state index >= 15 is 0 Å². The highest BCUT2D eigenvalue weighted by Crippen LogP contribution is 2.32. The molecule has 0 aromatic heterocycles. The third-order valence-electron chi connectivity index (χ3n) is 1.63. The van der Waals surface area contributed by atoms with Crippen LogP contribution in [0.1, 0.15) is 13.8 Å². The van der Waals surface area contributed by atoms with Crippen LogP contribution >= 0.6 is 35.3 Å². The highest BCUT2D eigenvalue weighted by atomic mass is 35.5. The second-order valence-corrected chi connectivity index (χ2v) is 3.92. The Kier molecular flexibility index (Phi) is 2.53. The number of rotatable bonds is 0. The van der Waals surface area contributed by atoms with Gasteiger partial charge in [-0.25, -0.2) is 18.4 Å². The Morgan fingerprint density at radius 2 is 1.31 bits per heavy atom. The summed E-state index contributed by atoms with van der Waals surface area (Å²) < 4.78 is 1.80. The van der Waals surface area contributed by atoms with Crippen LogP contribution in [-0.4, -0.2) is 31.0 Å². The zero-order valence-corrected chi connectivity index (χ0v) is 9.06. The summed E-state index contributed by atoms with van der Waals surface area (Å²) in [7, 11) is 0. The van der Waals surface area contributed by atoms with Gasteiger partial charge in [0.25, 0.3) is 0 Å². The van der Waals surface area contributed by atoms with Gasteiger partial charge in [-0.15, -0.1) is 4.42 Å². The van der Waals surface area contributed by atoms with E-state index in [1.54, 1.807) is 0 Å². The van der Waals surface area contributed by atoms with Gasteiger partial charge in [-0.2, -0.15) is 0 Å². The zero-order chi connectivity index (χ0) is 10.4. The molecule has 0 aliphatic carbocycles. The van der Waals surface area contributed by atoms with E-state index < -0.39 is 17.7 Å². The van der Waals surface area contributed by atoms with Crippen molar-refractivity contribution in [3.8, 4) is 0 Å². The fraction of sp³-hybridized carbons (Fsp3) is 0.600. The number of carbonyl (C=O) groups excluding carboxylic acids is 2. The summed E-state index contributed by atoms with van der Waals surface area (Å²) in [6.45, 7) is 3.01. The lowest BCUT2D eigenvalue weighted by Crippen LogP contribution is -2.63. The van der Waals surface area contributed by atoms with Crippen molar-refractivity contribution in [2.45, 2.75) is 19.5 Å². The minimum atomic E-state index is -1.11. The highest BCUT2D eigenvalue weighted by Gasteiger charge is 2.48. The Morgan fingerprint density at radius 1 is 1.00 bits per heavy atom. The number of imide groups is 1. The molecule has 5 nitrogen and oxygen atoms in total. The van der Waals surface area contributed by atoms with Crippen LogP contribution in [0, 0.1) is 0 Å². The second kappa shape index (κ2) is 3.08. The minimum Gasteiger partial charge on any atom is -0.245 e. The molecule has 13 heavy (non-hydrogen) atoms. The summed E-state index contributed by atoms with van der Waals surface area (Å²) >= 11 is 16.5. The first-order chi connectivity index (χ1) is 5.80. The molecule has 4 amide bonds. The number of nitrogens with zero attached hydrogens (tertiary/aromatic N) is 3. The lowest BCUT2D eigenvalue weighted by atomic mass is 10.2. The van der Waals surface area contributed by atoms with Gasteiger partial charge in [-0.05, 0) is 13.8 Å². The van der Waals surface area contributed by atoms with Crippen molar-refractivity contribution in [1.82, 2.24) is 13.3 Å². The van der Waals surface area contributed by atoms with Gasteiger partial charge < -0.3 is 0 Å². The largest absolute Gasteiger partial charge is 0.360 e. The Labute approximate surface area is 90.0 Å². The maximum atomic E-state index is 11.2. The maximum Gasteiger partial charge on any atom is 0.360 e. The van der Waals surface area contributed by atoms with E-state index in [0.29, 0.717) is 4.42 Å². The summed E-state index contributed by atoms with van der Waals surface area (Å²) in [5, 5.41) is 0. The van der Waals surface area contributed by atoms with Crippen molar-refractivity contribution in [2.75, 3.05) is 0 Å². The third-order valence-corrected chi connectivity index (χ3v) is 3.04. The van der Waals surface area contributed by atoms with E-state index in [2.05, 4.69) is 0 Å². The van der Waals surface area contributed by atoms with E-state index in [9.17, 15) is 9.59 Å². The highest BCUT2D eigenvalue weighted by molar-refractivity contribution is 6.38. The Morgan fingerprint density at radius 3 is 1.62 bits per heavy atom. The quantitative estimate of drug-likeness (QED) is 0.616. The van der Waals surface area contributed by atoms with E-state index in [1.807, 2.05) is 0 Å². The predicted octanol–water partition coefficient (Wildman–Crippen LogP) is 2.34. The molecule has 1 aliphatic rings. The Balaban J connectivity index is 3.07. The fourth-order valence-electron chi connectivity index (χ4n) is 0.781. The first-order valence-electron chi connectivity index (χ1n) is 3.26. The molecule has 0 aromatic rings. The summed E-state index contributed by atoms with van der Waals surface area (Å²) in [5.74, 6) is 0. The van der Waals surface area contributed by atoms with Crippen LogP contribution in [0.3, 0.4) is 0 Å². The molecule has 74 valence electrons. The maximum absolute atomic E-state index is 11.2. The van der Waals surface area contributed by atoms with Crippen LogP contribution < -0.4 is 0 Å². The van der Waals surface area contributed by atoms with Crippen LogP contribution in [-0.2, 0) is 0 Å². The van der Waals surface area contributed by atoms with Crippen molar-refractivity contribution >= 4 is 47.4 Å². The van der Waals surface area contributed by atoms with Crippen LogP contribution in [0.25, 0.3) is 0 Å². The van der Waals surface area contributed by atoms with Gasteiger partial charge in [-0.3, -0.25) is 0 Å². The summed E-state index contributed by atoms with van der Waals surface area (Å²) in [6, 6.07) is -1.65. The Bertz CT molecular complexity index is 246. The van der Waals surface area contributed by atoms with Crippen LogP contribution in [0.2, 0.25) is 0 Å². The molecule has 0 unspecified atom stereocenters. The number of urea groups is 2. The number of hydrogen-bond donors (Lipinski definition) is 0. The Hall–Kier alpha value is -0.390. The molecule has 1 heterocycles. The topological polar surface area (TPSA) is 43.9 Å². The van der Waals surface area contributed by atoms with Crippen LogP contribution in [0.15, 0.2) is 0 Å². The molecule has 8 heteroatoms. The monoisotopic (exact) mass is 245 g/mol. The molecule has 0 spiro atoms. The fourth-order valence-corrected chi connectivity index (χ4v) is 1.35. The van der Waals surface area contributed by atoms with E-state index in [-0.39, 0.29) is 0 Å². The predicted molar refractivity (Wildman–Crippen MR) is 47.9 cm³/mol. The molecule has 0 aromatic carbocycles. The van der Waals surface area contributed by atoms with Gasteiger partial charge in [0, 0.05) is 35.3 Å². The van der Waals surface area contributed by atoms with E-state index in [1.165, 1.54) is 13.8 Å². The summed E-state index contributed by atoms with van der Waals surface area (Å²) in [5.41, 5.74) is -1.11. The molecule has 0 bridgehead atoms. The first-order valence-corrected chi connectivity index (χ1v) is 4.27. The third kappa shape index (κ3) is 1.41. The molecule has 1 aliphatic heterocycles. The van der Waals surface area contributed by atoms with Crippen LogP contribution in [0.5, 0.6) is 0 Å². The molecule has 0 radical (unpaired) electrons. The first kappa shape index (κ1) is 10.7. The van der Waals surface area contributed by atoms with Gasteiger partial charge in [-0.1, -0.05) is 0 Å². The zero-order valence-electron chi connectivity index (χ0n) is 6.79. The standard InChI is InChI=1S/C5H6Cl3N3O2/c1-5(2)10(7)3(12)9(6)4(13)11(5)8/h1-2H3. The number of halogens is 3. The molecule has 1 rings (SSSR count). The number of hydrogen-bond acceptors (Lipinski definition) is 2. The van der Waals surface area contributed by atoms with E-state index in [0.717, 1.165) is 8.84 Å². The molecule has 0 atom stereocenters. The van der Waals surface area contributed by atoms with Crippen molar-refractivity contribution in [1.29, 1.82) is 0 Å². The lowest BCUT2D eigenvalue weighted by Gasteiger charge is -2.43. The van der Waals surface area contributed by atoms with E-state index in [4.69, 9.17) is 35.3 Å². The molecule has 1 saturated heterocycles. The number of amides is 4. The lowest BCUT2D eigenvalue weighted by molar-refractivity contribution is 0.0828. The smallest absolute Gasteiger partial charge is 0.245 e. The summed E-state index contributed by atoms with van der Waals surface area (Å²) in [6.07, 6.45) is 0. The van der Waals surface area contributed by atoms with Crippen molar-refractivity contribution < 1.29 is 9.59 Å². The summed E-state index contributed by atoms with van der Waals surface area (Å²) in [4.78, 5) is 22.4. The van der Waals surface area contributed by atoms with Gasteiger partial charge in [0.05, 0.1) is 0 Å².